The highest BCUT2D eigenvalue weighted by Crippen LogP contribution is 2.32. The van der Waals surface area contributed by atoms with Crippen LogP contribution in [0.4, 0.5) is 10.1 Å². The van der Waals surface area contributed by atoms with E-state index in [0.29, 0.717) is 5.92 Å². The lowest BCUT2D eigenvalue weighted by molar-refractivity contribution is -0.136. The Labute approximate surface area is 115 Å². The summed E-state index contributed by atoms with van der Waals surface area (Å²) in [5.41, 5.74) is -0.105. The molecular weight excluding hydrogens is 271 g/mol. The van der Waals surface area contributed by atoms with Crippen molar-refractivity contribution in [3.63, 3.8) is 0 Å². The molecule has 0 radical (unpaired) electrons. The molecule has 2 N–H and O–H groups in total. The molecule has 1 fully saturated rings. The molecule has 1 saturated carbocycles. The zero-order chi connectivity index (χ0) is 14.0. The van der Waals surface area contributed by atoms with E-state index in [0.717, 1.165) is 18.9 Å². The minimum Gasteiger partial charge on any atom is -0.345 e. The lowest BCUT2D eigenvalue weighted by Gasteiger charge is -2.12. The van der Waals surface area contributed by atoms with Gasteiger partial charge < -0.3 is 10.6 Å². The summed E-state index contributed by atoms with van der Waals surface area (Å²) in [7, 11) is 0. The number of anilines is 1. The number of hydrogen-bond acceptors (Lipinski definition) is 2. The second-order valence-corrected chi connectivity index (χ2v) is 5.11. The molecule has 2 rings (SSSR count). The van der Waals surface area contributed by atoms with Crippen molar-refractivity contribution in [3.05, 3.63) is 29.0 Å². The maximum Gasteiger partial charge on any atom is 0.313 e. The van der Waals surface area contributed by atoms with E-state index in [9.17, 15) is 14.0 Å². The summed E-state index contributed by atoms with van der Waals surface area (Å²) in [5, 5.41) is 5.08. The molecule has 1 aliphatic rings. The fourth-order valence-electron chi connectivity index (χ4n) is 1.76. The van der Waals surface area contributed by atoms with E-state index in [1.54, 1.807) is 0 Å². The van der Waals surface area contributed by atoms with E-state index in [1.807, 2.05) is 6.92 Å². The van der Waals surface area contributed by atoms with Crippen molar-refractivity contribution in [3.8, 4) is 0 Å². The average Bonchev–Trinajstić information content (AvgIpc) is 3.17. The summed E-state index contributed by atoms with van der Waals surface area (Å²) >= 11 is 5.70. The first-order valence-electron chi connectivity index (χ1n) is 6.04. The molecule has 102 valence electrons. The highest BCUT2D eigenvalue weighted by molar-refractivity contribution is 6.40. The number of halogens is 2. The smallest absolute Gasteiger partial charge is 0.313 e. The first-order valence-corrected chi connectivity index (χ1v) is 6.42. The molecule has 4 nitrogen and oxygen atoms in total. The van der Waals surface area contributed by atoms with Crippen LogP contribution in [-0.4, -0.2) is 17.9 Å². The third-order valence-corrected chi connectivity index (χ3v) is 3.31. The van der Waals surface area contributed by atoms with Crippen molar-refractivity contribution in [1.82, 2.24) is 5.32 Å². The van der Waals surface area contributed by atoms with Gasteiger partial charge in [0, 0.05) is 11.1 Å². The highest BCUT2D eigenvalue weighted by atomic mass is 35.5. The molecule has 1 aromatic carbocycles. The summed E-state index contributed by atoms with van der Waals surface area (Å²) in [6.45, 7) is 1.85. The normalized spacial score (nSPS) is 15.7. The molecule has 1 aromatic rings. The Morgan fingerprint density at radius 1 is 1.37 bits per heavy atom. The lowest BCUT2D eigenvalue weighted by atomic mass is 10.2. The molecule has 0 spiro atoms. The van der Waals surface area contributed by atoms with Crippen LogP contribution in [0.15, 0.2) is 18.2 Å². The molecule has 0 bridgehead atoms. The van der Waals surface area contributed by atoms with Gasteiger partial charge in [0.05, 0.1) is 5.69 Å². The van der Waals surface area contributed by atoms with E-state index in [2.05, 4.69) is 10.6 Å². The van der Waals surface area contributed by atoms with Gasteiger partial charge in [0.2, 0.25) is 0 Å². The quantitative estimate of drug-likeness (QED) is 0.837. The number of nitrogens with one attached hydrogen (secondary N) is 2. The number of rotatable bonds is 3. The molecule has 0 saturated heterocycles. The van der Waals surface area contributed by atoms with Crippen molar-refractivity contribution in [2.75, 3.05) is 5.32 Å². The summed E-state index contributed by atoms with van der Waals surface area (Å²) < 4.78 is 13.4. The van der Waals surface area contributed by atoms with Crippen LogP contribution in [0.1, 0.15) is 19.8 Å². The van der Waals surface area contributed by atoms with Crippen LogP contribution in [0.2, 0.25) is 5.02 Å². The summed E-state index contributed by atoms with van der Waals surface area (Å²) in [4.78, 5) is 23.2. The van der Waals surface area contributed by atoms with Gasteiger partial charge in [-0.05, 0) is 43.9 Å². The minimum absolute atomic E-state index is 0.0394. The Morgan fingerprint density at radius 3 is 2.68 bits per heavy atom. The van der Waals surface area contributed by atoms with Crippen LogP contribution < -0.4 is 10.6 Å². The van der Waals surface area contributed by atoms with Gasteiger partial charge in [-0.3, -0.25) is 9.59 Å². The van der Waals surface area contributed by atoms with Gasteiger partial charge in [0.15, 0.2) is 0 Å². The van der Waals surface area contributed by atoms with Gasteiger partial charge in [0.25, 0.3) is 0 Å². The van der Waals surface area contributed by atoms with E-state index in [1.165, 1.54) is 12.1 Å². The van der Waals surface area contributed by atoms with Crippen molar-refractivity contribution in [2.45, 2.75) is 25.8 Å². The Kier molecular flexibility index (Phi) is 4.04. The first kappa shape index (κ1) is 13.8. The van der Waals surface area contributed by atoms with Crippen molar-refractivity contribution < 1.29 is 14.0 Å². The SMILES string of the molecule is C[C@H](NC(=O)C(=O)Nc1cc(Cl)ccc1F)C1CC1. The lowest BCUT2D eigenvalue weighted by Crippen LogP contribution is -2.41. The molecule has 1 aliphatic carbocycles. The second-order valence-electron chi connectivity index (χ2n) is 4.68. The largest absolute Gasteiger partial charge is 0.345 e. The Morgan fingerprint density at radius 2 is 2.05 bits per heavy atom. The predicted octanol–water partition coefficient (Wildman–Crippen LogP) is 2.33. The van der Waals surface area contributed by atoms with Gasteiger partial charge in [-0.1, -0.05) is 11.6 Å². The molecule has 0 unspecified atom stereocenters. The fraction of sp³-hybridized carbons (Fsp3) is 0.385. The van der Waals surface area contributed by atoms with Crippen LogP contribution in [0, 0.1) is 11.7 Å². The van der Waals surface area contributed by atoms with Gasteiger partial charge in [-0.25, -0.2) is 4.39 Å². The summed E-state index contributed by atoms with van der Waals surface area (Å²) in [6.07, 6.45) is 2.12. The van der Waals surface area contributed by atoms with E-state index in [-0.39, 0.29) is 16.8 Å². The first-order chi connectivity index (χ1) is 8.97. The number of carbonyl (C=O) groups excluding carboxylic acids is 2. The second kappa shape index (κ2) is 5.57. The summed E-state index contributed by atoms with van der Waals surface area (Å²) in [6, 6.07) is 3.71. The minimum atomic E-state index is -0.895. The highest BCUT2D eigenvalue weighted by Gasteiger charge is 2.30. The van der Waals surface area contributed by atoms with E-state index >= 15 is 0 Å². The molecule has 2 amide bonds. The van der Waals surface area contributed by atoms with Gasteiger partial charge in [0.1, 0.15) is 5.82 Å². The van der Waals surface area contributed by atoms with E-state index < -0.39 is 17.6 Å². The fourth-order valence-corrected chi connectivity index (χ4v) is 1.93. The third kappa shape index (κ3) is 3.67. The van der Waals surface area contributed by atoms with Crippen LogP contribution in [0.25, 0.3) is 0 Å². The Bertz CT molecular complexity index is 517. The number of carbonyl (C=O) groups is 2. The van der Waals surface area contributed by atoms with Gasteiger partial charge in [-0.15, -0.1) is 0 Å². The van der Waals surface area contributed by atoms with Crippen molar-refractivity contribution in [1.29, 1.82) is 0 Å². The van der Waals surface area contributed by atoms with Gasteiger partial charge >= 0.3 is 11.8 Å². The zero-order valence-corrected chi connectivity index (χ0v) is 11.1. The standard InChI is InChI=1S/C13H14ClFN2O2/c1-7(8-2-3-8)16-12(18)13(19)17-11-6-9(14)4-5-10(11)15/h4-8H,2-3H2,1H3,(H,16,18)(H,17,19)/t7-/m0/s1. The number of amides is 2. The van der Waals surface area contributed by atoms with E-state index in [4.69, 9.17) is 11.6 Å². The van der Waals surface area contributed by atoms with Crippen LogP contribution in [0.5, 0.6) is 0 Å². The number of benzene rings is 1. The predicted molar refractivity (Wildman–Crippen MR) is 70.4 cm³/mol. The maximum absolute atomic E-state index is 13.4. The molecule has 19 heavy (non-hydrogen) atoms. The van der Waals surface area contributed by atoms with Crippen LogP contribution in [-0.2, 0) is 9.59 Å². The average molecular weight is 285 g/mol. The zero-order valence-electron chi connectivity index (χ0n) is 10.4. The van der Waals surface area contributed by atoms with Crippen molar-refractivity contribution in [2.24, 2.45) is 5.92 Å². The molecule has 1 atom stereocenters. The molecule has 0 heterocycles. The molecule has 6 heteroatoms. The Balaban J connectivity index is 1.95. The molecule has 0 aliphatic heterocycles. The molecular formula is C13H14ClFN2O2. The molecule has 0 aromatic heterocycles. The monoisotopic (exact) mass is 284 g/mol. The van der Waals surface area contributed by atoms with Crippen LogP contribution in [0.3, 0.4) is 0 Å². The topological polar surface area (TPSA) is 58.2 Å². The van der Waals surface area contributed by atoms with Crippen LogP contribution >= 0.6 is 11.6 Å². The third-order valence-electron chi connectivity index (χ3n) is 3.07. The van der Waals surface area contributed by atoms with Gasteiger partial charge in [-0.2, -0.15) is 0 Å². The Hall–Kier alpha value is -1.62. The maximum atomic E-state index is 13.4. The number of hydrogen-bond donors (Lipinski definition) is 2. The van der Waals surface area contributed by atoms with Crippen molar-refractivity contribution >= 4 is 29.1 Å². The summed E-state index contributed by atoms with van der Waals surface area (Å²) in [5.74, 6) is -1.85.